The molecule has 1 aromatic heterocycles. The zero-order valence-corrected chi connectivity index (χ0v) is 18.6. The molecular weight excluding hydrogens is 384 g/mol. The van der Waals surface area contributed by atoms with Crippen molar-refractivity contribution in [1.29, 1.82) is 0 Å². The monoisotopic (exact) mass is 414 g/mol. The van der Waals surface area contributed by atoms with Gasteiger partial charge in [0.2, 0.25) is 0 Å². The summed E-state index contributed by atoms with van der Waals surface area (Å²) in [5, 5.41) is 0. The summed E-state index contributed by atoms with van der Waals surface area (Å²) in [7, 11) is 4.14. The second-order valence-electron chi connectivity index (χ2n) is 8.61. The summed E-state index contributed by atoms with van der Waals surface area (Å²) in [6.07, 6.45) is 5.49. The molecule has 1 saturated carbocycles. The molecule has 1 aliphatic carbocycles. The third kappa shape index (κ3) is 3.58. The number of ether oxygens (including phenoxy) is 1. The summed E-state index contributed by atoms with van der Waals surface area (Å²) in [6, 6.07) is 15.1. The lowest BCUT2D eigenvalue weighted by Crippen LogP contribution is -2.20. The van der Waals surface area contributed by atoms with Crippen molar-refractivity contribution in [3.8, 4) is 17.0 Å². The highest BCUT2D eigenvalue weighted by Crippen LogP contribution is 2.45. The molecule has 0 bridgehead atoms. The first-order valence-corrected chi connectivity index (χ1v) is 11.1. The van der Waals surface area contributed by atoms with Gasteiger partial charge in [0.1, 0.15) is 11.6 Å². The number of imidazole rings is 1. The molecule has 2 aliphatic rings. The van der Waals surface area contributed by atoms with Gasteiger partial charge in [0.15, 0.2) is 0 Å². The summed E-state index contributed by atoms with van der Waals surface area (Å²) < 4.78 is 8.19. The Balaban J connectivity index is 1.46. The van der Waals surface area contributed by atoms with Gasteiger partial charge < -0.3 is 19.1 Å². The zero-order chi connectivity index (χ0) is 21.5. The predicted molar refractivity (Wildman–Crippen MR) is 127 cm³/mol. The first-order chi connectivity index (χ1) is 15.1. The number of nitrogens with zero attached hydrogens (tertiary/aromatic N) is 4. The number of hydrogen-bond donors (Lipinski definition) is 0. The van der Waals surface area contributed by atoms with Crippen LogP contribution in [0, 0.1) is 0 Å². The van der Waals surface area contributed by atoms with E-state index in [1.165, 1.54) is 35.5 Å². The Morgan fingerprint density at radius 3 is 2.65 bits per heavy atom. The average molecular weight is 415 g/mol. The first-order valence-electron chi connectivity index (χ1n) is 11.1. The lowest BCUT2D eigenvalue weighted by Gasteiger charge is -2.15. The molecule has 2 heterocycles. The van der Waals surface area contributed by atoms with Crippen LogP contribution in [-0.2, 0) is 6.54 Å². The molecule has 31 heavy (non-hydrogen) atoms. The van der Waals surface area contributed by atoms with Crippen LogP contribution in [0.1, 0.15) is 43.4 Å². The van der Waals surface area contributed by atoms with E-state index < -0.39 is 0 Å². The van der Waals surface area contributed by atoms with E-state index in [-0.39, 0.29) is 0 Å². The van der Waals surface area contributed by atoms with Crippen LogP contribution in [-0.4, -0.2) is 30.3 Å². The Labute approximate surface area is 184 Å². The first kappa shape index (κ1) is 19.7. The van der Waals surface area contributed by atoms with Gasteiger partial charge >= 0.3 is 0 Å². The largest absolute Gasteiger partial charge is 0.494 e. The van der Waals surface area contributed by atoms with Crippen LogP contribution in [0.2, 0.25) is 0 Å². The minimum atomic E-state index is 0.598. The van der Waals surface area contributed by atoms with Crippen LogP contribution in [0.3, 0.4) is 0 Å². The second kappa shape index (κ2) is 7.80. The van der Waals surface area contributed by atoms with Gasteiger partial charge in [0.05, 0.1) is 30.0 Å². The van der Waals surface area contributed by atoms with Gasteiger partial charge in [-0.25, -0.2) is 4.98 Å². The van der Waals surface area contributed by atoms with Crippen molar-refractivity contribution < 1.29 is 4.74 Å². The molecule has 3 aromatic rings. The highest BCUT2D eigenvalue weighted by Gasteiger charge is 2.31. The average Bonchev–Trinajstić information content (AvgIpc) is 3.51. The van der Waals surface area contributed by atoms with E-state index in [9.17, 15) is 0 Å². The van der Waals surface area contributed by atoms with Crippen molar-refractivity contribution in [2.24, 2.45) is 0 Å². The SMILES string of the molecule is C=C1N(C)c2ccc(Cn3cnc(-c4cccc(OCCC)c4)c3C3CC3)cc2N1C. The Hall–Kier alpha value is -3.21. The van der Waals surface area contributed by atoms with E-state index in [0.29, 0.717) is 5.92 Å². The van der Waals surface area contributed by atoms with Crippen LogP contribution in [0.15, 0.2) is 61.2 Å². The summed E-state index contributed by atoms with van der Waals surface area (Å²) >= 11 is 0. The van der Waals surface area contributed by atoms with Crippen molar-refractivity contribution in [2.75, 3.05) is 30.5 Å². The fourth-order valence-electron chi connectivity index (χ4n) is 4.40. The molecule has 0 atom stereocenters. The van der Waals surface area contributed by atoms with Crippen LogP contribution < -0.4 is 14.5 Å². The number of fused-ring (bicyclic) bond motifs is 1. The summed E-state index contributed by atoms with van der Waals surface area (Å²) in [5.41, 5.74) is 7.27. The van der Waals surface area contributed by atoms with E-state index in [4.69, 9.17) is 9.72 Å². The normalized spacial score (nSPS) is 15.5. The molecule has 0 spiro atoms. The number of aromatic nitrogens is 2. The lowest BCUT2D eigenvalue weighted by atomic mass is 10.1. The Bertz CT molecular complexity index is 1130. The smallest absolute Gasteiger partial charge is 0.119 e. The van der Waals surface area contributed by atoms with Crippen LogP contribution in [0.5, 0.6) is 5.75 Å². The summed E-state index contributed by atoms with van der Waals surface area (Å²) in [5.74, 6) is 2.52. The maximum atomic E-state index is 5.86. The molecule has 2 aromatic carbocycles. The van der Waals surface area contributed by atoms with E-state index in [0.717, 1.165) is 42.4 Å². The Morgan fingerprint density at radius 2 is 1.87 bits per heavy atom. The Morgan fingerprint density at radius 1 is 1.06 bits per heavy atom. The summed E-state index contributed by atoms with van der Waals surface area (Å²) in [4.78, 5) is 9.14. The second-order valence-corrected chi connectivity index (χ2v) is 8.61. The number of rotatable bonds is 7. The molecule has 0 radical (unpaired) electrons. The zero-order valence-electron chi connectivity index (χ0n) is 18.6. The molecule has 5 nitrogen and oxygen atoms in total. The number of anilines is 2. The minimum absolute atomic E-state index is 0.598. The van der Waals surface area contributed by atoms with E-state index in [2.05, 4.69) is 78.4 Å². The third-order valence-electron chi connectivity index (χ3n) is 6.31. The Kier molecular flexibility index (Phi) is 4.97. The lowest BCUT2D eigenvalue weighted by molar-refractivity contribution is 0.317. The van der Waals surface area contributed by atoms with Gasteiger partial charge in [0, 0.05) is 37.8 Å². The van der Waals surface area contributed by atoms with Crippen LogP contribution in [0.25, 0.3) is 11.3 Å². The predicted octanol–water partition coefficient (Wildman–Crippen LogP) is 5.62. The van der Waals surface area contributed by atoms with Crippen molar-refractivity contribution >= 4 is 11.4 Å². The van der Waals surface area contributed by atoms with Gasteiger partial charge in [-0.05, 0) is 49.1 Å². The van der Waals surface area contributed by atoms with Crippen LogP contribution in [0.4, 0.5) is 11.4 Å². The number of hydrogen-bond acceptors (Lipinski definition) is 4. The van der Waals surface area contributed by atoms with Gasteiger partial charge in [0.25, 0.3) is 0 Å². The van der Waals surface area contributed by atoms with Crippen molar-refractivity contribution in [3.63, 3.8) is 0 Å². The minimum Gasteiger partial charge on any atom is -0.494 e. The topological polar surface area (TPSA) is 33.5 Å². The van der Waals surface area contributed by atoms with Gasteiger partial charge in [-0.15, -0.1) is 0 Å². The van der Waals surface area contributed by atoms with Crippen molar-refractivity contribution in [1.82, 2.24) is 9.55 Å². The third-order valence-corrected chi connectivity index (χ3v) is 6.31. The van der Waals surface area contributed by atoms with Gasteiger partial charge in [-0.1, -0.05) is 31.7 Å². The van der Waals surface area contributed by atoms with E-state index in [1.807, 2.05) is 12.4 Å². The molecule has 160 valence electrons. The molecular formula is C26H30N4O. The maximum absolute atomic E-state index is 5.86. The fourth-order valence-corrected chi connectivity index (χ4v) is 4.40. The highest BCUT2D eigenvalue weighted by atomic mass is 16.5. The van der Waals surface area contributed by atoms with Gasteiger partial charge in [-0.2, -0.15) is 0 Å². The fraction of sp³-hybridized carbons (Fsp3) is 0.346. The van der Waals surface area contributed by atoms with Crippen molar-refractivity contribution in [3.05, 3.63) is 72.4 Å². The molecule has 5 rings (SSSR count). The van der Waals surface area contributed by atoms with E-state index >= 15 is 0 Å². The van der Waals surface area contributed by atoms with Crippen molar-refractivity contribution in [2.45, 2.75) is 38.6 Å². The van der Waals surface area contributed by atoms with Crippen LogP contribution >= 0.6 is 0 Å². The molecule has 5 heteroatoms. The number of benzene rings is 2. The quantitative estimate of drug-likeness (QED) is 0.502. The molecule has 0 unspecified atom stereocenters. The standard InChI is InChI=1S/C26H30N4O/c1-5-13-31-22-8-6-7-21(15-22)25-26(20-10-11-20)30(17-27-25)16-19-9-12-23-24(14-19)29(4)18(2)28(23)3/h6-9,12,14-15,17,20H,2,5,10-11,13,16H2,1,3-4H3. The highest BCUT2D eigenvalue weighted by molar-refractivity contribution is 5.82. The van der Waals surface area contributed by atoms with Gasteiger partial charge in [-0.3, -0.25) is 0 Å². The maximum Gasteiger partial charge on any atom is 0.119 e. The summed E-state index contributed by atoms with van der Waals surface area (Å²) in [6.45, 7) is 7.86. The molecule has 1 aliphatic heterocycles. The molecule has 0 N–H and O–H groups in total. The molecule has 1 fully saturated rings. The molecule has 0 amide bonds. The van der Waals surface area contributed by atoms with E-state index in [1.54, 1.807) is 0 Å². The molecule has 0 saturated heterocycles.